The van der Waals surface area contributed by atoms with E-state index in [1.165, 1.54) is 0 Å². The highest BCUT2D eigenvalue weighted by molar-refractivity contribution is 5.95. The summed E-state index contributed by atoms with van der Waals surface area (Å²) in [6.07, 6.45) is 0. The van der Waals surface area contributed by atoms with Gasteiger partial charge in [-0.2, -0.15) is 0 Å². The van der Waals surface area contributed by atoms with Gasteiger partial charge in [0.25, 0.3) is 0 Å². The average molecular weight is 242 g/mol. The zero-order chi connectivity index (χ0) is 10.8. The smallest absolute Gasteiger partial charge is 0.198 e. The summed E-state index contributed by atoms with van der Waals surface area (Å²) >= 11 is 0. The first kappa shape index (κ1) is 12.6. The third kappa shape index (κ3) is 2.58. The van der Waals surface area contributed by atoms with Crippen molar-refractivity contribution >= 4 is 24.1 Å². The number of phenolic OH excluding ortho intramolecular Hbond substituents is 1. The fraction of sp³-hybridized carbons (Fsp3) is 0.364. The van der Waals surface area contributed by atoms with Crippen molar-refractivity contribution in [2.24, 2.45) is 4.99 Å². The van der Waals surface area contributed by atoms with Crippen molar-refractivity contribution in [2.75, 3.05) is 25.5 Å². The number of aliphatic imine (C=N–C) groups is 1. The van der Waals surface area contributed by atoms with Crippen LogP contribution in [-0.2, 0) is 0 Å². The predicted molar refractivity (Wildman–Crippen MR) is 68.6 cm³/mol. The fourth-order valence-electron chi connectivity index (χ4n) is 1.58. The van der Waals surface area contributed by atoms with Gasteiger partial charge in [-0.15, -0.1) is 12.4 Å². The van der Waals surface area contributed by atoms with E-state index in [4.69, 9.17) is 0 Å². The molecule has 2 rings (SSSR count). The maximum absolute atomic E-state index is 9.28. The number of likely N-dealkylation sites (N-methyl/N-ethyl adjacent to an activating group) is 1. The fourth-order valence-corrected chi connectivity index (χ4v) is 1.58. The van der Waals surface area contributed by atoms with Crippen molar-refractivity contribution in [3.63, 3.8) is 0 Å². The van der Waals surface area contributed by atoms with Crippen molar-refractivity contribution in [2.45, 2.75) is 6.92 Å². The Labute approximate surface area is 101 Å². The van der Waals surface area contributed by atoms with Crippen molar-refractivity contribution in [3.8, 4) is 5.75 Å². The van der Waals surface area contributed by atoms with E-state index in [1.807, 2.05) is 20.0 Å². The van der Waals surface area contributed by atoms with Crippen molar-refractivity contribution in [3.05, 3.63) is 23.8 Å². The summed E-state index contributed by atoms with van der Waals surface area (Å²) in [7, 11) is 2.01. The lowest BCUT2D eigenvalue weighted by Crippen LogP contribution is -2.29. The van der Waals surface area contributed by atoms with Crippen LogP contribution in [0.3, 0.4) is 0 Å². The van der Waals surface area contributed by atoms with E-state index in [0.717, 1.165) is 30.3 Å². The summed E-state index contributed by atoms with van der Waals surface area (Å²) in [6, 6.07) is 5.27. The number of guanidine groups is 1. The molecule has 0 unspecified atom stereocenters. The molecule has 0 atom stereocenters. The second-order valence-electron chi connectivity index (χ2n) is 3.75. The average Bonchev–Trinajstić information content (AvgIpc) is 2.57. The van der Waals surface area contributed by atoms with Crippen LogP contribution in [0.25, 0.3) is 0 Å². The highest BCUT2D eigenvalue weighted by Crippen LogP contribution is 2.20. The maximum Gasteiger partial charge on any atom is 0.198 e. The number of hydrogen-bond donors (Lipinski definition) is 2. The number of benzene rings is 1. The molecule has 0 spiro atoms. The number of anilines is 1. The van der Waals surface area contributed by atoms with Gasteiger partial charge in [-0.1, -0.05) is 0 Å². The van der Waals surface area contributed by atoms with Crippen LogP contribution in [0, 0.1) is 6.92 Å². The van der Waals surface area contributed by atoms with Gasteiger partial charge in [0.05, 0.1) is 6.54 Å². The first-order valence-corrected chi connectivity index (χ1v) is 4.99. The molecule has 4 nitrogen and oxygen atoms in total. The van der Waals surface area contributed by atoms with E-state index in [9.17, 15) is 5.11 Å². The summed E-state index contributed by atoms with van der Waals surface area (Å²) in [5.41, 5.74) is 2.00. The lowest BCUT2D eigenvalue weighted by atomic mass is 10.2. The quantitative estimate of drug-likeness (QED) is 0.738. The molecule has 88 valence electrons. The minimum Gasteiger partial charge on any atom is -0.508 e. The predicted octanol–water partition coefficient (Wildman–Crippen LogP) is 1.84. The lowest BCUT2D eigenvalue weighted by molar-refractivity contribution is 0.475. The number of halogens is 1. The summed E-state index contributed by atoms with van der Waals surface area (Å²) in [4.78, 5) is 6.42. The Balaban J connectivity index is 0.00000128. The van der Waals surface area contributed by atoms with E-state index in [2.05, 4.69) is 15.2 Å². The van der Waals surface area contributed by atoms with Crippen LogP contribution in [0.15, 0.2) is 23.2 Å². The van der Waals surface area contributed by atoms with Crippen LogP contribution in [0.2, 0.25) is 0 Å². The Morgan fingerprint density at radius 2 is 2.19 bits per heavy atom. The zero-order valence-electron chi connectivity index (χ0n) is 9.40. The highest BCUT2D eigenvalue weighted by atomic mass is 35.5. The van der Waals surface area contributed by atoms with Gasteiger partial charge in [0.15, 0.2) is 5.96 Å². The molecule has 1 aromatic rings. The highest BCUT2D eigenvalue weighted by Gasteiger charge is 2.12. The minimum atomic E-state index is 0. The van der Waals surface area contributed by atoms with E-state index >= 15 is 0 Å². The Kier molecular flexibility index (Phi) is 4.01. The molecule has 16 heavy (non-hydrogen) atoms. The molecule has 0 bridgehead atoms. The third-order valence-corrected chi connectivity index (χ3v) is 2.52. The zero-order valence-corrected chi connectivity index (χ0v) is 10.2. The molecule has 0 amide bonds. The molecule has 0 saturated carbocycles. The number of nitrogens with zero attached hydrogens (tertiary/aromatic N) is 2. The Hall–Kier alpha value is -1.42. The van der Waals surface area contributed by atoms with Gasteiger partial charge in [-0.05, 0) is 30.7 Å². The van der Waals surface area contributed by atoms with Gasteiger partial charge in [0.2, 0.25) is 0 Å². The van der Waals surface area contributed by atoms with Gasteiger partial charge < -0.3 is 15.3 Å². The second-order valence-corrected chi connectivity index (χ2v) is 3.75. The topological polar surface area (TPSA) is 47.9 Å². The van der Waals surface area contributed by atoms with Gasteiger partial charge >= 0.3 is 0 Å². The molecule has 0 fully saturated rings. The minimum absolute atomic E-state index is 0. The lowest BCUT2D eigenvalue weighted by Gasteiger charge is -2.16. The summed E-state index contributed by atoms with van der Waals surface area (Å²) in [5, 5.41) is 12.5. The summed E-state index contributed by atoms with van der Waals surface area (Å²) < 4.78 is 0. The van der Waals surface area contributed by atoms with Crippen LogP contribution in [0.4, 0.5) is 5.69 Å². The monoisotopic (exact) mass is 241 g/mol. The summed E-state index contributed by atoms with van der Waals surface area (Å²) in [5.74, 6) is 1.18. The first-order valence-electron chi connectivity index (χ1n) is 4.99. The Morgan fingerprint density at radius 1 is 1.44 bits per heavy atom. The number of nitrogens with one attached hydrogen (secondary N) is 1. The molecule has 5 heteroatoms. The van der Waals surface area contributed by atoms with Crippen LogP contribution in [-0.4, -0.2) is 36.1 Å². The number of phenols is 1. The Bertz CT molecular complexity index is 406. The van der Waals surface area contributed by atoms with E-state index in [-0.39, 0.29) is 12.4 Å². The van der Waals surface area contributed by atoms with Crippen LogP contribution in [0.5, 0.6) is 5.75 Å². The van der Waals surface area contributed by atoms with Crippen molar-refractivity contribution in [1.29, 1.82) is 0 Å². The number of hydrogen-bond acceptors (Lipinski definition) is 4. The molecule has 1 aliphatic rings. The van der Waals surface area contributed by atoms with E-state index in [0.29, 0.717) is 5.75 Å². The molecule has 1 heterocycles. The standard InChI is InChI=1S/C11H15N3O.ClH/c1-8-7-9(15)3-4-10(8)13-11-12-5-6-14(11)2;/h3-4,7,15H,5-6H2,1-2H3,(H,12,13);1H. The van der Waals surface area contributed by atoms with E-state index < -0.39 is 0 Å². The third-order valence-electron chi connectivity index (χ3n) is 2.52. The van der Waals surface area contributed by atoms with Crippen molar-refractivity contribution in [1.82, 2.24) is 4.90 Å². The second kappa shape index (κ2) is 5.07. The molecule has 0 saturated heterocycles. The maximum atomic E-state index is 9.28. The molecular weight excluding hydrogens is 226 g/mol. The summed E-state index contributed by atoms with van der Waals surface area (Å²) in [6.45, 7) is 3.76. The normalized spacial score (nSPS) is 14.4. The van der Waals surface area contributed by atoms with Gasteiger partial charge in [-0.3, -0.25) is 4.99 Å². The molecule has 0 aromatic heterocycles. The number of aryl methyl sites for hydroxylation is 1. The largest absolute Gasteiger partial charge is 0.508 e. The molecule has 1 aromatic carbocycles. The van der Waals surface area contributed by atoms with Crippen LogP contribution < -0.4 is 5.32 Å². The molecule has 2 N–H and O–H groups in total. The number of aromatic hydroxyl groups is 1. The molecule has 0 aliphatic carbocycles. The number of rotatable bonds is 1. The van der Waals surface area contributed by atoms with Crippen LogP contribution in [0.1, 0.15) is 5.56 Å². The molecule has 1 aliphatic heterocycles. The Morgan fingerprint density at radius 3 is 2.75 bits per heavy atom. The SMILES string of the molecule is Cc1cc(O)ccc1NC1=NCCN1C.Cl. The van der Waals surface area contributed by atoms with Gasteiger partial charge in [0.1, 0.15) is 5.75 Å². The molecular formula is C11H16ClN3O. The molecule has 0 radical (unpaired) electrons. The first-order chi connectivity index (χ1) is 7.16. The van der Waals surface area contributed by atoms with Gasteiger partial charge in [-0.25, -0.2) is 0 Å². The van der Waals surface area contributed by atoms with E-state index in [1.54, 1.807) is 12.1 Å². The van der Waals surface area contributed by atoms with Crippen LogP contribution >= 0.6 is 12.4 Å². The van der Waals surface area contributed by atoms with Crippen molar-refractivity contribution < 1.29 is 5.11 Å². The van der Waals surface area contributed by atoms with Gasteiger partial charge in [0, 0.05) is 19.3 Å².